The van der Waals surface area contributed by atoms with Crippen LogP contribution < -0.4 is 16.0 Å². The minimum Gasteiger partial charge on any atom is -0.468 e. The number of aliphatic hydroxyl groups is 1. The van der Waals surface area contributed by atoms with Crippen molar-refractivity contribution in [2.24, 2.45) is 17.8 Å². The number of ether oxygens (including phenoxy) is 2. The Morgan fingerprint density at radius 2 is 1.73 bits per heavy atom. The molecule has 51 heavy (non-hydrogen) atoms. The van der Waals surface area contributed by atoms with Gasteiger partial charge in [0.05, 0.1) is 24.3 Å². The number of esters is 2. The number of allylic oxidation sites excluding steroid dienone is 3. The number of methoxy groups -OCH3 is 1. The van der Waals surface area contributed by atoms with Crippen molar-refractivity contribution in [3.05, 3.63) is 96.5 Å². The molecule has 0 spiro atoms. The van der Waals surface area contributed by atoms with Crippen LogP contribution in [-0.4, -0.2) is 57.8 Å². The number of aldehydes is 1. The number of carbonyl (C=O) groups excluding carboxylic acids is 4. The van der Waals surface area contributed by atoms with Crippen LogP contribution in [0.5, 0.6) is 0 Å². The first kappa shape index (κ1) is 35.4. The van der Waals surface area contributed by atoms with Crippen LogP contribution in [0, 0.1) is 31.6 Å². The van der Waals surface area contributed by atoms with Crippen LogP contribution >= 0.6 is 0 Å². The van der Waals surface area contributed by atoms with Crippen molar-refractivity contribution in [1.82, 2.24) is 20.3 Å². The summed E-state index contributed by atoms with van der Waals surface area (Å²) in [5.41, 5.74) is 8.98. The predicted octanol–water partition coefficient (Wildman–Crippen LogP) is 4.65. The molecule has 2 aliphatic heterocycles. The van der Waals surface area contributed by atoms with Crippen molar-refractivity contribution in [3.63, 3.8) is 0 Å². The molecule has 0 amide bonds. The maximum atomic E-state index is 14.2. The molecule has 3 aromatic rings. The van der Waals surface area contributed by atoms with Gasteiger partial charge in [-0.15, -0.1) is 0 Å². The van der Waals surface area contributed by atoms with Crippen molar-refractivity contribution < 1.29 is 33.8 Å². The number of Topliss-reactive ketones (excluding diaryl/α,β-unsaturated/α-hetero) is 1. The zero-order chi connectivity index (χ0) is 36.9. The third-order valence-corrected chi connectivity index (χ3v) is 10.3. The quantitative estimate of drug-likeness (QED) is 0.0936. The van der Waals surface area contributed by atoms with E-state index in [2.05, 4.69) is 33.8 Å². The molecule has 4 atom stereocenters. The summed E-state index contributed by atoms with van der Waals surface area (Å²) in [5.74, 6) is -3.10. The Kier molecular flexibility index (Phi) is 9.52. The van der Waals surface area contributed by atoms with E-state index in [0.717, 1.165) is 34.4 Å². The molecule has 1 saturated heterocycles. The average molecular weight is 693 g/mol. The third-order valence-electron chi connectivity index (χ3n) is 10.3. The first-order valence-corrected chi connectivity index (χ1v) is 17.1. The van der Waals surface area contributed by atoms with E-state index in [-0.39, 0.29) is 30.8 Å². The molecule has 8 bridgehead atoms. The van der Waals surface area contributed by atoms with Gasteiger partial charge in [0.25, 0.3) is 0 Å². The summed E-state index contributed by atoms with van der Waals surface area (Å²) in [6.45, 7) is 15.5. The number of aliphatic hydroxyl groups excluding tert-OH is 1. The number of hydrogen-bond donors (Lipinski definition) is 5. The van der Waals surface area contributed by atoms with Gasteiger partial charge in [-0.2, -0.15) is 0 Å². The van der Waals surface area contributed by atoms with Gasteiger partial charge in [0.1, 0.15) is 12.5 Å². The molecule has 0 aromatic carbocycles. The molecular weight excluding hydrogens is 648 g/mol. The number of rotatable bonds is 9. The van der Waals surface area contributed by atoms with Gasteiger partial charge in [0, 0.05) is 79.9 Å². The highest BCUT2D eigenvalue weighted by atomic mass is 16.5. The molecule has 6 rings (SSSR count). The Bertz CT molecular complexity index is 2210. The van der Waals surface area contributed by atoms with Crippen molar-refractivity contribution in [2.75, 3.05) is 13.7 Å². The molecule has 0 radical (unpaired) electrons. The van der Waals surface area contributed by atoms with Crippen LogP contribution in [0.4, 0.5) is 0 Å². The monoisotopic (exact) mass is 692 g/mol. The van der Waals surface area contributed by atoms with E-state index >= 15 is 0 Å². The zero-order valence-electron chi connectivity index (χ0n) is 30.0. The second kappa shape index (κ2) is 13.7. The van der Waals surface area contributed by atoms with Gasteiger partial charge < -0.3 is 34.8 Å². The van der Waals surface area contributed by atoms with E-state index in [1.807, 2.05) is 39.0 Å². The van der Waals surface area contributed by atoms with E-state index in [1.165, 1.54) is 7.11 Å². The van der Waals surface area contributed by atoms with E-state index in [9.17, 15) is 24.3 Å². The van der Waals surface area contributed by atoms with Crippen LogP contribution in [0.2, 0.25) is 0 Å². The molecule has 5 heterocycles. The van der Waals surface area contributed by atoms with Crippen LogP contribution in [0.3, 0.4) is 0 Å². The molecule has 5 N–H and O–H groups in total. The van der Waals surface area contributed by atoms with Crippen LogP contribution in [0.15, 0.2) is 29.6 Å². The van der Waals surface area contributed by atoms with Crippen molar-refractivity contribution in [2.45, 2.75) is 60.5 Å². The number of aromatic nitrogens is 3. The van der Waals surface area contributed by atoms with E-state index in [0.29, 0.717) is 67.7 Å². The van der Waals surface area contributed by atoms with Crippen molar-refractivity contribution >= 4 is 53.9 Å². The van der Waals surface area contributed by atoms with Gasteiger partial charge in [-0.05, 0) is 76.5 Å². The normalized spacial score (nSPS) is 23.2. The number of aromatic amines is 3. The van der Waals surface area contributed by atoms with E-state index in [4.69, 9.17) is 9.47 Å². The molecule has 0 saturated carbocycles. The second-order valence-corrected chi connectivity index (χ2v) is 13.7. The first-order chi connectivity index (χ1) is 24.3. The molecule has 1 unspecified atom stereocenters. The lowest BCUT2D eigenvalue weighted by Gasteiger charge is -2.19. The van der Waals surface area contributed by atoms with Gasteiger partial charge in [0.15, 0.2) is 12.1 Å². The molecule has 11 nitrogen and oxygen atoms in total. The summed E-state index contributed by atoms with van der Waals surface area (Å²) >= 11 is 0. The van der Waals surface area contributed by atoms with Gasteiger partial charge in [-0.1, -0.05) is 25.2 Å². The fourth-order valence-corrected chi connectivity index (χ4v) is 7.62. The number of hydrogen-bond acceptors (Lipinski definition) is 8. The Balaban J connectivity index is 1.65. The van der Waals surface area contributed by atoms with Crippen molar-refractivity contribution in [3.8, 4) is 0 Å². The molecule has 3 aliphatic rings. The number of fused-ring (bicyclic) bond motifs is 7. The van der Waals surface area contributed by atoms with Gasteiger partial charge in [-0.25, -0.2) is 0 Å². The Hall–Kier alpha value is -5.42. The number of nitrogens with one attached hydrogen (secondary N) is 4. The summed E-state index contributed by atoms with van der Waals surface area (Å²) in [6, 6.07) is 0. The molecule has 3 aromatic heterocycles. The lowest BCUT2D eigenvalue weighted by molar-refractivity contribution is -0.143. The highest BCUT2D eigenvalue weighted by molar-refractivity contribution is 6.24. The second-order valence-electron chi connectivity index (χ2n) is 13.7. The highest BCUT2D eigenvalue weighted by Crippen LogP contribution is 2.48. The number of ketones is 1. The lowest BCUT2D eigenvalue weighted by atomic mass is 9.85. The smallest absolute Gasteiger partial charge is 0.321 e. The summed E-state index contributed by atoms with van der Waals surface area (Å²) in [7, 11) is 1.26. The van der Waals surface area contributed by atoms with Crippen LogP contribution in [0.25, 0.3) is 29.9 Å². The summed E-state index contributed by atoms with van der Waals surface area (Å²) in [6.07, 6.45) is 9.43. The Morgan fingerprint density at radius 1 is 1.02 bits per heavy atom. The van der Waals surface area contributed by atoms with Crippen molar-refractivity contribution in [1.29, 1.82) is 0 Å². The largest absolute Gasteiger partial charge is 0.468 e. The molecule has 266 valence electrons. The number of carbonyl (C=O) groups is 4. The molecular formula is C40H44N4O7. The van der Waals surface area contributed by atoms with Gasteiger partial charge in [0.2, 0.25) is 0 Å². The van der Waals surface area contributed by atoms with Gasteiger partial charge >= 0.3 is 11.9 Å². The summed E-state index contributed by atoms with van der Waals surface area (Å²) < 4.78 is 10.7. The zero-order valence-corrected chi connectivity index (χ0v) is 30.0. The van der Waals surface area contributed by atoms with E-state index < -0.39 is 23.8 Å². The molecule has 1 fully saturated rings. The first-order valence-electron chi connectivity index (χ1n) is 17.1. The maximum absolute atomic E-state index is 14.2. The lowest BCUT2D eigenvalue weighted by Crippen LogP contribution is -2.25. The summed E-state index contributed by atoms with van der Waals surface area (Å²) in [5, 5.41) is 15.4. The molecule has 1 aliphatic carbocycles. The predicted molar refractivity (Wildman–Crippen MR) is 194 cm³/mol. The highest BCUT2D eigenvalue weighted by Gasteiger charge is 2.48. The minimum atomic E-state index is -1.23. The van der Waals surface area contributed by atoms with E-state index in [1.54, 1.807) is 26.0 Å². The Labute approximate surface area is 295 Å². The van der Waals surface area contributed by atoms with Gasteiger partial charge in [-0.3, -0.25) is 19.2 Å². The fraction of sp³-hybridized carbons (Fsp3) is 0.350. The topological polar surface area (TPSA) is 166 Å². The van der Waals surface area contributed by atoms with Crippen LogP contribution in [0.1, 0.15) is 112 Å². The SMILES string of the molecule is C=Cc1c2[nH]c(c1C)/C=C1\N/C(=C3\c4[nH]c(c(C)c4C(=O)[C@@H]3C(=O)OC)/C=c3/[nH]/c(c(C=O)c3C(C)O)=C/2)[C@@H](CCC(=O)OCC=C(C)C)[C@@H]1C. The Morgan fingerprint density at radius 3 is 2.37 bits per heavy atom. The standard InChI is InChI=1S/C40H44N4O7/c1-9-23-19(4)26-14-27-20(5)24(10-11-32(47)51-13-12-18(2)3)37(43-27)35-36(40(49)50-8)39(48)33-21(6)28(44-38(33)35)15-31-34(22(7)46)25(17-45)30(42-31)16-29(23)41-26/h9,12,14-17,20,22,24,36,41-44,46H,1,10-11,13H2,2-8H3/b27-14-,30-16+,31-15+,37-35-/t20-,22?,24-,36+/m0/s1. The molecule has 11 heteroatoms. The number of H-pyrrole nitrogens is 3. The average Bonchev–Trinajstić information content (AvgIpc) is 3.83. The van der Waals surface area contributed by atoms with Crippen LogP contribution in [-0.2, 0) is 19.1 Å². The third kappa shape index (κ3) is 6.05. The maximum Gasteiger partial charge on any atom is 0.321 e. The minimum absolute atomic E-state index is 0.126. The summed E-state index contributed by atoms with van der Waals surface area (Å²) in [4.78, 5) is 63.3. The fourth-order valence-electron chi connectivity index (χ4n) is 7.62.